The van der Waals surface area contributed by atoms with Crippen molar-refractivity contribution in [3.05, 3.63) is 29.3 Å². The van der Waals surface area contributed by atoms with E-state index in [2.05, 4.69) is 0 Å². The maximum atomic E-state index is 12.3. The molecule has 4 heteroatoms. The summed E-state index contributed by atoms with van der Waals surface area (Å²) in [6, 6.07) is 5.50. The van der Waals surface area contributed by atoms with Crippen LogP contribution in [0.25, 0.3) is 0 Å². The Morgan fingerprint density at radius 3 is 2.89 bits per heavy atom. The van der Waals surface area contributed by atoms with E-state index in [1.54, 1.807) is 20.3 Å². The number of carbonyl (C=O) groups excluding carboxylic acids is 1. The Morgan fingerprint density at radius 1 is 1.44 bits per heavy atom. The van der Waals surface area contributed by atoms with Crippen molar-refractivity contribution in [1.82, 2.24) is 0 Å². The first-order chi connectivity index (χ1) is 8.67. The van der Waals surface area contributed by atoms with Gasteiger partial charge in [-0.05, 0) is 30.5 Å². The van der Waals surface area contributed by atoms with Crippen molar-refractivity contribution in [3.63, 3.8) is 0 Å². The number of ether oxygens (including phenoxy) is 2. The van der Waals surface area contributed by atoms with Crippen LogP contribution in [0.3, 0.4) is 0 Å². The van der Waals surface area contributed by atoms with E-state index in [9.17, 15) is 4.79 Å². The zero-order valence-corrected chi connectivity index (χ0v) is 10.8. The molecule has 0 saturated heterocycles. The van der Waals surface area contributed by atoms with Crippen molar-refractivity contribution in [2.75, 3.05) is 20.8 Å². The third-order valence-electron chi connectivity index (χ3n) is 3.53. The van der Waals surface area contributed by atoms with Crippen LogP contribution in [0.1, 0.15) is 22.3 Å². The van der Waals surface area contributed by atoms with Gasteiger partial charge in [-0.15, -0.1) is 0 Å². The minimum Gasteiger partial charge on any atom is -0.497 e. The van der Waals surface area contributed by atoms with E-state index in [1.165, 1.54) is 0 Å². The van der Waals surface area contributed by atoms with Crippen LogP contribution in [0, 0.1) is 5.92 Å². The van der Waals surface area contributed by atoms with E-state index < -0.39 is 0 Å². The number of carbonyl (C=O) groups is 1. The molecule has 0 aromatic heterocycles. The van der Waals surface area contributed by atoms with Gasteiger partial charge in [-0.25, -0.2) is 0 Å². The Labute approximate surface area is 107 Å². The van der Waals surface area contributed by atoms with Gasteiger partial charge in [0.15, 0.2) is 5.78 Å². The maximum absolute atomic E-state index is 12.3. The quantitative estimate of drug-likeness (QED) is 0.857. The molecule has 0 radical (unpaired) electrons. The lowest BCUT2D eigenvalue weighted by Crippen LogP contribution is -2.34. The fourth-order valence-corrected chi connectivity index (χ4v) is 2.42. The predicted octanol–water partition coefficient (Wildman–Crippen LogP) is 1.41. The SMILES string of the molecule is COCCC(N)C1Cc2ccc(OC)cc2C1=O. The van der Waals surface area contributed by atoms with Crippen LogP contribution in [0.4, 0.5) is 0 Å². The highest BCUT2D eigenvalue weighted by Crippen LogP contribution is 2.31. The van der Waals surface area contributed by atoms with Crippen molar-refractivity contribution in [3.8, 4) is 5.75 Å². The molecule has 2 atom stereocenters. The summed E-state index contributed by atoms with van der Waals surface area (Å²) in [6.07, 6.45) is 1.43. The normalized spacial score (nSPS) is 19.7. The topological polar surface area (TPSA) is 61.6 Å². The fourth-order valence-electron chi connectivity index (χ4n) is 2.42. The van der Waals surface area contributed by atoms with Crippen LogP contribution >= 0.6 is 0 Å². The number of fused-ring (bicyclic) bond motifs is 1. The van der Waals surface area contributed by atoms with Gasteiger partial charge < -0.3 is 15.2 Å². The highest BCUT2D eigenvalue weighted by molar-refractivity contribution is 6.03. The first-order valence-electron chi connectivity index (χ1n) is 6.13. The summed E-state index contributed by atoms with van der Waals surface area (Å²) in [7, 11) is 3.24. The summed E-state index contributed by atoms with van der Waals surface area (Å²) in [6.45, 7) is 0.588. The van der Waals surface area contributed by atoms with Gasteiger partial charge in [0, 0.05) is 31.2 Å². The Hall–Kier alpha value is -1.39. The van der Waals surface area contributed by atoms with Gasteiger partial charge in [0.1, 0.15) is 5.75 Å². The molecule has 1 aliphatic rings. The molecular weight excluding hydrogens is 230 g/mol. The minimum absolute atomic E-state index is 0.123. The molecule has 0 heterocycles. The summed E-state index contributed by atoms with van der Waals surface area (Å²) < 4.78 is 10.2. The number of hydrogen-bond donors (Lipinski definition) is 1. The number of ketones is 1. The number of nitrogens with two attached hydrogens (primary N) is 1. The molecule has 2 N–H and O–H groups in total. The zero-order valence-electron chi connectivity index (χ0n) is 10.8. The summed E-state index contributed by atoms with van der Waals surface area (Å²) >= 11 is 0. The van der Waals surface area contributed by atoms with E-state index in [0.29, 0.717) is 18.8 Å². The monoisotopic (exact) mass is 249 g/mol. The molecule has 0 saturated carbocycles. The minimum atomic E-state index is -0.143. The van der Waals surface area contributed by atoms with E-state index in [-0.39, 0.29) is 17.7 Å². The third kappa shape index (κ3) is 2.40. The van der Waals surface area contributed by atoms with Crippen LogP contribution in [0.15, 0.2) is 18.2 Å². The molecule has 1 aromatic carbocycles. The summed E-state index contributed by atoms with van der Waals surface area (Å²) in [5.41, 5.74) is 7.90. The fraction of sp³-hybridized carbons (Fsp3) is 0.500. The van der Waals surface area contributed by atoms with Gasteiger partial charge >= 0.3 is 0 Å². The molecule has 98 valence electrons. The Kier molecular flexibility index (Phi) is 3.99. The van der Waals surface area contributed by atoms with Gasteiger partial charge in [-0.1, -0.05) is 6.07 Å². The number of benzene rings is 1. The van der Waals surface area contributed by atoms with Gasteiger partial charge in [0.05, 0.1) is 7.11 Å². The molecule has 0 amide bonds. The van der Waals surface area contributed by atoms with Crippen LogP contribution in [0.5, 0.6) is 5.75 Å². The smallest absolute Gasteiger partial charge is 0.168 e. The third-order valence-corrected chi connectivity index (χ3v) is 3.53. The van der Waals surface area contributed by atoms with Gasteiger partial charge in [-0.2, -0.15) is 0 Å². The van der Waals surface area contributed by atoms with Crippen LogP contribution in [-0.2, 0) is 11.2 Å². The van der Waals surface area contributed by atoms with E-state index in [0.717, 1.165) is 17.5 Å². The molecule has 0 aliphatic heterocycles. The number of methoxy groups -OCH3 is 2. The van der Waals surface area contributed by atoms with Crippen LogP contribution < -0.4 is 10.5 Å². The van der Waals surface area contributed by atoms with E-state index in [1.807, 2.05) is 12.1 Å². The first kappa shape index (κ1) is 13.1. The molecule has 0 spiro atoms. The summed E-state index contributed by atoms with van der Waals surface area (Å²) in [5.74, 6) is 0.725. The molecule has 0 bridgehead atoms. The molecule has 0 fully saturated rings. The molecule has 4 nitrogen and oxygen atoms in total. The lowest BCUT2D eigenvalue weighted by molar-refractivity contribution is 0.0905. The molecule has 1 aromatic rings. The lowest BCUT2D eigenvalue weighted by atomic mass is 9.94. The molecular formula is C14H19NO3. The Balaban J connectivity index is 2.14. The molecule has 2 unspecified atom stereocenters. The summed E-state index contributed by atoms with van der Waals surface area (Å²) in [5, 5.41) is 0. The average Bonchev–Trinajstić information content (AvgIpc) is 2.73. The second-order valence-corrected chi connectivity index (χ2v) is 4.64. The van der Waals surface area contributed by atoms with Crippen molar-refractivity contribution in [2.24, 2.45) is 11.7 Å². The van der Waals surface area contributed by atoms with Gasteiger partial charge in [-0.3, -0.25) is 4.79 Å². The largest absolute Gasteiger partial charge is 0.497 e. The summed E-state index contributed by atoms with van der Waals surface area (Å²) in [4.78, 5) is 12.3. The van der Waals surface area contributed by atoms with Crippen molar-refractivity contribution < 1.29 is 14.3 Å². The Bertz CT molecular complexity index is 445. The van der Waals surface area contributed by atoms with E-state index in [4.69, 9.17) is 15.2 Å². The second kappa shape index (κ2) is 5.50. The molecule has 18 heavy (non-hydrogen) atoms. The highest BCUT2D eigenvalue weighted by atomic mass is 16.5. The number of Topliss-reactive ketones (excluding diaryl/α,β-unsaturated/α-hetero) is 1. The highest BCUT2D eigenvalue weighted by Gasteiger charge is 2.34. The first-order valence-corrected chi connectivity index (χ1v) is 6.13. The van der Waals surface area contributed by atoms with Crippen LogP contribution in [0.2, 0.25) is 0 Å². The van der Waals surface area contributed by atoms with E-state index >= 15 is 0 Å². The Morgan fingerprint density at radius 2 is 2.22 bits per heavy atom. The van der Waals surface area contributed by atoms with Gasteiger partial charge in [0.25, 0.3) is 0 Å². The predicted molar refractivity (Wildman–Crippen MR) is 69.0 cm³/mol. The van der Waals surface area contributed by atoms with Crippen molar-refractivity contribution >= 4 is 5.78 Å². The zero-order chi connectivity index (χ0) is 13.1. The average molecular weight is 249 g/mol. The maximum Gasteiger partial charge on any atom is 0.168 e. The van der Waals surface area contributed by atoms with Crippen molar-refractivity contribution in [2.45, 2.75) is 18.9 Å². The lowest BCUT2D eigenvalue weighted by Gasteiger charge is -2.16. The second-order valence-electron chi connectivity index (χ2n) is 4.64. The molecule has 1 aliphatic carbocycles. The number of hydrogen-bond acceptors (Lipinski definition) is 4. The van der Waals surface area contributed by atoms with Crippen molar-refractivity contribution in [1.29, 1.82) is 0 Å². The van der Waals surface area contributed by atoms with Gasteiger partial charge in [0.2, 0.25) is 0 Å². The number of rotatable bonds is 5. The molecule has 2 rings (SSSR count). The van der Waals surface area contributed by atoms with Crippen LogP contribution in [-0.4, -0.2) is 32.7 Å². The standard InChI is InChI=1S/C14H19NO3/c1-17-6-5-13(15)12-7-9-3-4-10(18-2)8-11(9)14(12)16/h3-4,8,12-13H,5-7,15H2,1-2H3.